The second kappa shape index (κ2) is 3.06. The molecule has 16 heavy (non-hydrogen) atoms. The minimum absolute atomic E-state index is 0.00560. The number of alkyl halides is 6. The minimum Gasteiger partial charge on any atom is -0.178 e. The quantitative estimate of drug-likeness (QED) is 0.684. The predicted octanol–water partition coefficient (Wildman–Crippen LogP) is 2.22. The largest absolute Gasteiger partial charge is 0.453 e. The topological polar surface area (TPSA) is 43.1 Å². The number of hydrogen-bond donors (Lipinski definition) is 0. The van der Waals surface area contributed by atoms with Gasteiger partial charge in [-0.25, -0.2) is 0 Å². The standard InChI is InChI=1S/C5F6N4S/c6-4(7,8)1-12-13-3-15(1)14-2(16-3)5(9,10)11. The molecule has 0 N–H and O–H groups in total. The van der Waals surface area contributed by atoms with E-state index in [0.717, 1.165) is 0 Å². The molecular formula is C5F6N4S. The van der Waals surface area contributed by atoms with Gasteiger partial charge in [0.2, 0.25) is 9.97 Å². The van der Waals surface area contributed by atoms with Crippen molar-refractivity contribution in [2.75, 3.05) is 0 Å². The Labute approximate surface area is 86.5 Å². The Balaban J connectivity index is 2.61. The summed E-state index contributed by atoms with van der Waals surface area (Å²) < 4.78 is 73.1. The Morgan fingerprint density at radius 2 is 1.56 bits per heavy atom. The lowest BCUT2D eigenvalue weighted by Gasteiger charge is -2.01. The molecule has 2 aromatic rings. The molecule has 0 aliphatic heterocycles. The summed E-state index contributed by atoms with van der Waals surface area (Å²) in [6.45, 7) is 0. The van der Waals surface area contributed by atoms with Gasteiger partial charge in [-0.3, -0.25) is 0 Å². The molecule has 4 nitrogen and oxygen atoms in total. The van der Waals surface area contributed by atoms with Crippen LogP contribution in [0.1, 0.15) is 10.8 Å². The van der Waals surface area contributed by atoms with E-state index in [1.807, 2.05) is 0 Å². The minimum atomic E-state index is -4.89. The summed E-state index contributed by atoms with van der Waals surface area (Å²) in [4.78, 5) is -0.556. The molecule has 0 saturated carbocycles. The Kier molecular flexibility index (Phi) is 2.12. The van der Waals surface area contributed by atoms with Gasteiger partial charge in [0, 0.05) is 0 Å². The van der Waals surface area contributed by atoms with E-state index >= 15 is 0 Å². The number of nitrogens with zero attached hydrogens (tertiary/aromatic N) is 4. The fourth-order valence-corrected chi connectivity index (χ4v) is 1.61. The Morgan fingerprint density at radius 3 is 2.06 bits per heavy atom. The summed E-state index contributed by atoms with van der Waals surface area (Å²) >= 11 is -0.00560. The fourth-order valence-electron chi connectivity index (χ4n) is 0.908. The lowest BCUT2D eigenvalue weighted by Crippen LogP contribution is -2.13. The van der Waals surface area contributed by atoms with E-state index in [1.54, 1.807) is 0 Å². The normalized spacial score (nSPS) is 13.6. The number of fused-ring (bicyclic) bond motifs is 1. The van der Waals surface area contributed by atoms with Crippen LogP contribution >= 0.6 is 11.3 Å². The monoisotopic (exact) mass is 262 g/mol. The number of halogens is 6. The summed E-state index contributed by atoms with van der Waals surface area (Å²) in [6.07, 6.45) is -9.69. The third-order valence-corrected chi connectivity index (χ3v) is 2.43. The van der Waals surface area contributed by atoms with Crippen LogP contribution in [0.4, 0.5) is 26.3 Å². The third kappa shape index (κ3) is 1.70. The molecule has 0 radical (unpaired) electrons. The van der Waals surface area contributed by atoms with Gasteiger partial charge in [0.15, 0.2) is 0 Å². The lowest BCUT2D eigenvalue weighted by molar-refractivity contribution is -0.148. The molecule has 0 aliphatic carbocycles. The molecule has 2 rings (SSSR count). The van der Waals surface area contributed by atoms with Crippen molar-refractivity contribution in [3.8, 4) is 0 Å². The molecule has 0 spiro atoms. The van der Waals surface area contributed by atoms with Gasteiger partial charge in [0.05, 0.1) is 0 Å². The maximum absolute atomic E-state index is 12.2. The Morgan fingerprint density at radius 1 is 0.938 bits per heavy atom. The fraction of sp³-hybridized carbons (Fsp3) is 0.400. The van der Waals surface area contributed by atoms with Crippen LogP contribution in [-0.2, 0) is 12.4 Å². The molecule has 0 atom stereocenters. The first kappa shape index (κ1) is 11.1. The molecule has 0 fully saturated rings. The average molecular weight is 262 g/mol. The molecule has 0 saturated heterocycles. The third-order valence-electron chi connectivity index (χ3n) is 1.49. The highest BCUT2D eigenvalue weighted by Gasteiger charge is 2.41. The first-order chi connectivity index (χ1) is 7.19. The van der Waals surface area contributed by atoms with E-state index in [-0.39, 0.29) is 15.9 Å². The van der Waals surface area contributed by atoms with Crippen LogP contribution in [0.15, 0.2) is 0 Å². The van der Waals surface area contributed by atoms with Crippen molar-refractivity contribution < 1.29 is 26.3 Å². The van der Waals surface area contributed by atoms with Crippen LogP contribution in [0.3, 0.4) is 0 Å². The van der Waals surface area contributed by atoms with Crippen LogP contribution in [0.2, 0.25) is 0 Å². The second-order valence-corrected chi connectivity index (χ2v) is 3.58. The molecule has 2 aromatic heterocycles. The highest BCUT2D eigenvalue weighted by molar-refractivity contribution is 7.16. The van der Waals surface area contributed by atoms with Crippen LogP contribution in [-0.4, -0.2) is 19.8 Å². The maximum atomic E-state index is 12.2. The molecule has 0 aromatic carbocycles. The summed E-state index contributed by atoms with van der Waals surface area (Å²) in [5, 5.41) is 7.06. The summed E-state index contributed by atoms with van der Waals surface area (Å²) in [6, 6.07) is 0. The number of rotatable bonds is 0. The Hall–Kier alpha value is -1.39. The van der Waals surface area contributed by atoms with E-state index in [9.17, 15) is 26.3 Å². The van der Waals surface area contributed by atoms with E-state index in [0.29, 0.717) is 0 Å². The highest BCUT2D eigenvalue weighted by atomic mass is 32.1. The Bertz CT molecular complexity index is 521. The van der Waals surface area contributed by atoms with Gasteiger partial charge >= 0.3 is 12.4 Å². The van der Waals surface area contributed by atoms with Crippen molar-refractivity contribution >= 4 is 16.3 Å². The van der Waals surface area contributed by atoms with Gasteiger partial charge in [-0.1, -0.05) is 11.3 Å². The van der Waals surface area contributed by atoms with Crippen LogP contribution in [0.5, 0.6) is 0 Å². The molecule has 88 valence electrons. The zero-order valence-corrected chi connectivity index (χ0v) is 7.78. The zero-order chi connectivity index (χ0) is 12.1. The maximum Gasteiger partial charge on any atom is 0.453 e. The first-order valence-corrected chi connectivity index (χ1v) is 4.38. The molecule has 0 unspecified atom stereocenters. The van der Waals surface area contributed by atoms with Crippen LogP contribution in [0, 0.1) is 0 Å². The van der Waals surface area contributed by atoms with Gasteiger partial charge in [-0.2, -0.15) is 30.9 Å². The molecule has 0 aliphatic rings. The van der Waals surface area contributed by atoms with Crippen LogP contribution in [0.25, 0.3) is 4.96 Å². The van der Waals surface area contributed by atoms with Crippen molar-refractivity contribution in [1.29, 1.82) is 0 Å². The van der Waals surface area contributed by atoms with Crippen molar-refractivity contribution in [3.05, 3.63) is 10.8 Å². The lowest BCUT2D eigenvalue weighted by atomic mass is 10.6. The van der Waals surface area contributed by atoms with Gasteiger partial charge in [-0.15, -0.1) is 15.3 Å². The molecule has 0 bridgehead atoms. The summed E-state index contributed by atoms with van der Waals surface area (Å²) in [7, 11) is 0. The summed E-state index contributed by atoms with van der Waals surface area (Å²) in [5.41, 5.74) is 0. The molecule has 2 heterocycles. The number of aromatic nitrogens is 4. The van der Waals surface area contributed by atoms with Gasteiger partial charge in [0.1, 0.15) is 0 Å². The van der Waals surface area contributed by atoms with Gasteiger partial charge < -0.3 is 0 Å². The summed E-state index contributed by atoms with van der Waals surface area (Å²) in [5.74, 6) is -1.57. The second-order valence-electron chi connectivity index (χ2n) is 2.62. The van der Waals surface area contributed by atoms with Crippen molar-refractivity contribution in [3.63, 3.8) is 0 Å². The smallest absolute Gasteiger partial charge is 0.178 e. The van der Waals surface area contributed by atoms with Crippen LogP contribution < -0.4 is 0 Å². The van der Waals surface area contributed by atoms with E-state index in [2.05, 4.69) is 15.3 Å². The van der Waals surface area contributed by atoms with E-state index in [4.69, 9.17) is 0 Å². The van der Waals surface area contributed by atoms with Crippen molar-refractivity contribution in [2.24, 2.45) is 0 Å². The van der Waals surface area contributed by atoms with Crippen molar-refractivity contribution in [1.82, 2.24) is 19.8 Å². The predicted molar refractivity (Wildman–Crippen MR) is 38.7 cm³/mol. The van der Waals surface area contributed by atoms with Gasteiger partial charge in [-0.05, 0) is 0 Å². The molecule has 11 heteroatoms. The SMILES string of the molecule is FC(F)(F)c1nn2c(C(F)(F)F)nnc2s1. The zero-order valence-electron chi connectivity index (χ0n) is 6.96. The molecule has 0 amide bonds. The van der Waals surface area contributed by atoms with E-state index < -0.39 is 28.1 Å². The van der Waals surface area contributed by atoms with Crippen molar-refractivity contribution in [2.45, 2.75) is 12.4 Å². The van der Waals surface area contributed by atoms with E-state index in [1.165, 1.54) is 0 Å². The average Bonchev–Trinajstić information content (AvgIpc) is 2.53. The highest BCUT2D eigenvalue weighted by Crippen LogP contribution is 2.34. The van der Waals surface area contributed by atoms with Gasteiger partial charge in [0.25, 0.3) is 5.82 Å². The molecular weight excluding hydrogens is 262 g/mol. The number of hydrogen-bond acceptors (Lipinski definition) is 4. The first-order valence-electron chi connectivity index (χ1n) is 3.56.